The Morgan fingerprint density at radius 2 is 2.03 bits per heavy atom. The first-order valence-electron chi connectivity index (χ1n) is 10.6. The molecular formula is C22H23FN6O4. The molecule has 1 fully saturated rings. The molecule has 0 spiro atoms. The molecule has 0 unspecified atom stereocenters. The Bertz CT molecular complexity index is 1330. The van der Waals surface area contributed by atoms with Gasteiger partial charge in [-0.25, -0.2) is 9.37 Å². The summed E-state index contributed by atoms with van der Waals surface area (Å²) in [4.78, 5) is 44.9. The van der Waals surface area contributed by atoms with Gasteiger partial charge >= 0.3 is 0 Å². The number of anilines is 1. The average Bonchev–Trinajstić information content (AvgIpc) is 3.29. The fourth-order valence-electron chi connectivity index (χ4n) is 3.99. The van der Waals surface area contributed by atoms with E-state index in [0.29, 0.717) is 30.1 Å². The lowest BCUT2D eigenvalue weighted by molar-refractivity contribution is -0.116. The largest absolute Gasteiger partial charge is 0.377 e. The predicted octanol–water partition coefficient (Wildman–Crippen LogP) is 1.32. The number of ether oxygens (including phenoxy) is 1. The van der Waals surface area contributed by atoms with E-state index >= 15 is 0 Å². The van der Waals surface area contributed by atoms with Crippen LogP contribution in [0, 0.1) is 5.82 Å². The number of rotatable bonds is 4. The summed E-state index contributed by atoms with van der Waals surface area (Å²) in [5.74, 6) is -1.13. The molecule has 0 aliphatic carbocycles. The van der Waals surface area contributed by atoms with Crippen LogP contribution in [0.25, 0.3) is 5.65 Å². The number of hydrogen-bond donors (Lipinski definition) is 1. The van der Waals surface area contributed by atoms with E-state index in [4.69, 9.17) is 4.74 Å². The van der Waals surface area contributed by atoms with E-state index in [1.165, 1.54) is 21.2 Å². The molecule has 1 N–H and O–H groups in total. The van der Waals surface area contributed by atoms with Crippen molar-refractivity contribution in [1.29, 1.82) is 0 Å². The number of pyridine rings is 1. The highest BCUT2D eigenvalue weighted by molar-refractivity contribution is 5.98. The highest BCUT2D eigenvalue weighted by Crippen LogP contribution is 2.28. The van der Waals surface area contributed by atoms with Crippen LogP contribution in [-0.4, -0.2) is 55.1 Å². The Labute approximate surface area is 188 Å². The molecule has 1 saturated heterocycles. The molecule has 2 amide bonds. The van der Waals surface area contributed by atoms with Gasteiger partial charge in [0.25, 0.3) is 11.5 Å². The van der Waals surface area contributed by atoms with Crippen molar-refractivity contribution in [3.63, 3.8) is 0 Å². The van der Waals surface area contributed by atoms with E-state index in [0.717, 1.165) is 6.20 Å². The summed E-state index contributed by atoms with van der Waals surface area (Å²) in [5, 5.41) is 7.10. The van der Waals surface area contributed by atoms with Crippen molar-refractivity contribution >= 4 is 23.3 Å². The van der Waals surface area contributed by atoms with E-state index in [1.807, 2.05) is 20.8 Å². The third-order valence-electron chi connectivity index (χ3n) is 5.89. The van der Waals surface area contributed by atoms with Gasteiger partial charge in [0.2, 0.25) is 5.91 Å². The van der Waals surface area contributed by atoms with Crippen molar-refractivity contribution in [2.45, 2.75) is 45.3 Å². The number of aromatic nitrogens is 4. The maximum atomic E-state index is 13.3. The summed E-state index contributed by atoms with van der Waals surface area (Å²) in [6.07, 6.45) is 1.000. The number of halogens is 1. The average molecular weight is 454 g/mol. The quantitative estimate of drug-likeness (QED) is 0.637. The Balaban J connectivity index is 1.60. The molecule has 3 aromatic rings. The van der Waals surface area contributed by atoms with Crippen LogP contribution < -0.4 is 10.9 Å². The molecule has 0 aromatic carbocycles. The fraction of sp³-hybridized carbons (Fsp3) is 0.409. The number of carbonyl (C=O) groups excluding carboxylic acids is 2. The highest BCUT2D eigenvalue weighted by Gasteiger charge is 2.41. The molecular weight excluding hydrogens is 431 g/mol. The van der Waals surface area contributed by atoms with Crippen LogP contribution in [0.2, 0.25) is 0 Å². The van der Waals surface area contributed by atoms with E-state index in [2.05, 4.69) is 15.4 Å². The van der Waals surface area contributed by atoms with Crippen LogP contribution in [0.5, 0.6) is 0 Å². The van der Waals surface area contributed by atoms with Gasteiger partial charge in [-0.15, -0.1) is 0 Å². The normalized spacial score (nSPS) is 16.2. The van der Waals surface area contributed by atoms with Gasteiger partial charge in [-0.05, 0) is 12.1 Å². The molecule has 172 valence electrons. The standard InChI is InChI=1S/C22H23FN6O4/c1-22(2,3)15-6-18-28(9-17(30)25-16-5-4-12(23)7-24-16)19-14(20(31)29(18)26-15)8-27(21(19)32)13-10-33-11-13/h4-7,13H,8-11H2,1-3H3,(H,24,25,30). The zero-order valence-electron chi connectivity index (χ0n) is 18.5. The Kier molecular flexibility index (Phi) is 4.82. The monoisotopic (exact) mass is 454 g/mol. The SMILES string of the molecule is CC(C)(C)c1cc2n(CC(=O)Nc3ccc(F)cn3)c3c(c(=O)n2n1)CN(C1COC1)C3=O. The number of fused-ring (bicyclic) bond motifs is 2. The van der Waals surface area contributed by atoms with E-state index in [-0.39, 0.29) is 47.5 Å². The van der Waals surface area contributed by atoms with Crippen LogP contribution >= 0.6 is 0 Å². The number of amides is 2. The molecule has 33 heavy (non-hydrogen) atoms. The second-order valence-corrected chi connectivity index (χ2v) is 9.30. The second kappa shape index (κ2) is 7.48. The van der Waals surface area contributed by atoms with Crippen LogP contribution in [0.4, 0.5) is 10.2 Å². The number of nitrogens with zero attached hydrogens (tertiary/aromatic N) is 5. The van der Waals surface area contributed by atoms with Gasteiger partial charge in [0.1, 0.15) is 29.5 Å². The molecule has 0 radical (unpaired) electrons. The summed E-state index contributed by atoms with van der Waals surface area (Å²) >= 11 is 0. The summed E-state index contributed by atoms with van der Waals surface area (Å²) in [6, 6.07) is 4.16. The molecule has 0 bridgehead atoms. The van der Waals surface area contributed by atoms with Gasteiger partial charge in [-0.3, -0.25) is 14.4 Å². The molecule has 5 heterocycles. The zero-order valence-corrected chi connectivity index (χ0v) is 18.5. The van der Waals surface area contributed by atoms with Crippen molar-refractivity contribution in [3.8, 4) is 0 Å². The van der Waals surface area contributed by atoms with E-state index < -0.39 is 11.7 Å². The van der Waals surface area contributed by atoms with Crippen molar-refractivity contribution in [2.24, 2.45) is 0 Å². The van der Waals surface area contributed by atoms with Crippen molar-refractivity contribution in [1.82, 2.24) is 24.1 Å². The van der Waals surface area contributed by atoms with Gasteiger partial charge in [0.05, 0.1) is 43.3 Å². The molecule has 2 aliphatic rings. The lowest BCUT2D eigenvalue weighted by atomic mass is 9.93. The van der Waals surface area contributed by atoms with Gasteiger partial charge in [0, 0.05) is 11.5 Å². The summed E-state index contributed by atoms with van der Waals surface area (Å²) < 4.78 is 21.1. The van der Waals surface area contributed by atoms with Gasteiger partial charge < -0.3 is 19.5 Å². The number of carbonyl (C=O) groups is 2. The Hall–Kier alpha value is -3.60. The summed E-state index contributed by atoms with van der Waals surface area (Å²) in [6.45, 7) is 6.62. The lowest BCUT2D eigenvalue weighted by Crippen LogP contribution is -2.49. The van der Waals surface area contributed by atoms with Gasteiger partial charge in [-0.1, -0.05) is 20.8 Å². The number of hydrogen-bond acceptors (Lipinski definition) is 6. The Morgan fingerprint density at radius 1 is 1.27 bits per heavy atom. The molecule has 2 aliphatic heterocycles. The Morgan fingerprint density at radius 3 is 2.64 bits per heavy atom. The lowest BCUT2D eigenvalue weighted by Gasteiger charge is -2.34. The van der Waals surface area contributed by atoms with Gasteiger partial charge in [-0.2, -0.15) is 9.61 Å². The molecule has 0 atom stereocenters. The minimum Gasteiger partial charge on any atom is -0.377 e. The third-order valence-corrected chi connectivity index (χ3v) is 5.89. The summed E-state index contributed by atoms with van der Waals surface area (Å²) in [5.41, 5.74) is 0.779. The first-order chi connectivity index (χ1) is 15.6. The van der Waals surface area contributed by atoms with Crippen molar-refractivity contribution < 1.29 is 18.7 Å². The van der Waals surface area contributed by atoms with Crippen LogP contribution in [-0.2, 0) is 28.0 Å². The highest BCUT2D eigenvalue weighted by atomic mass is 19.1. The fourth-order valence-corrected chi connectivity index (χ4v) is 3.99. The number of nitrogens with one attached hydrogen (secondary N) is 1. The van der Waals surface area contributed by atoms with Crippen LogP contribution in [0.3, 0.4) is 0 Å². The second-order valence-electron chi connectivity index (χ2n) is 9.30. The third kappa shape index (κ3) is 3.58. The van der Waals surface area contributed by atoms with Crippen molar-refractivity contribution in [2.75, 3.05) is 18.5 Å². The maximum absolute atomic E-state index is 13.3. The molecule has 5 rings (SSSR count). The minimum atomic E-state index is -0.521. The van der Waals surface area contributed by atoms with Gasteiger partial charge in [0.15, 0.2) is 0 Å². The maximum Gasteiger partial charge on any atom is 0.280 e. The molecule has 11 heteroatoms. The van der Waals surface area contributed by atoms with Crippen LogP contribution in [0.15, 0.2) is 29.2 Å². The topological polar surface area (TPSA) is 111 Å². The smallest absolute Gasteiger partial charge is 0.280 e. The minimum absolute atomic E-state index is 0.104. The molecule has 10 nitrogen and oxygen atoms in total. The first-order valence-corrected chi connectivity index (χ1v) is 10.6. The first kappa shape index (κ1) is 21.3. The van der Waals surface area contributed by atoms with E-state index in [1.54, 1.807) is 11.0 Å². The summed E-state index contributed by atoms with van der Waals surface area (Å²) in [7, 11) is 0. The van der Waals surface area contributed by atoms with E-state index in [9.17, 15) is 18.8 Å². The molecule has 3 aromatic heterocycles. The van der Waals surface area contributed by atoms with Crippen LogP contribution in [0.1, 0.15) is 42.5 Å². The predicted molar refractivity (Wildman–Crippen MR) is 115 cm³/mol. The van der Waals surface area contributed by atoms with Crippen molar-refractivity contribution in [3.05, 3.63) is 57.5 Å². The zero-order chi connectivity index (χ0) is 23.5. The molecule has 0 saturated carbocycles.